The van der Waals surface area contributed by atoms with Gasteiger partial charge in [0.1, 0.15) is 0 Å². The summed E-state index contributed by atoms with van der Waals surface area (Å²) in [4.78, 5) is 18.0. The van der Waals surface area contributed by atoms with E-state index in [1.807, 2.05) is 0 Å². The third-order valence-corrected chi connectivity index (χ3v) is 0.175. The molecule has 0 aliphatic carbocycles. The zero-order chi connectivity index (χ0) is 7.86. The van der Waals surface area contributed by atoms with Crippen LogP contribution in [0.5, 0.6) is 0 Å². The summed E-state index contributed by atoms with van der Waals surface area (Å²) in [6.45, 7) is -0.278. The third kappa shape index (κ3) is 137. The number of halogens is 1. The van der Waals surface area contributed by atoms with Crippen molar-refractivity contribution in [2.75, 3.05) is 6.54 Å². The standard InChI is InChI=1S/C2H5NO2.CHClO2/c3-1-2(4)5;2-1(3)4/h1,3H2,(H,4,5);(H,3,4). The van der Waals surface area contributed by atoms with E-state index < -0.39 is 11.4 Å². The van der Waals surface area contributed by atoms with Gasteiger partial charge in [0.15, 0.2) is 0 Å². The Morgan fingerprint density at radius 3 is 1.56 bits per heavy atom. The van der Waals surface area contributed by atoms with Crippen LogP contribution in [-0.4, -0.2) is 28.2 Å². The molecule has 0 bridgehead atoms. The minimum absolute atomic E-state index is 0.278. The first-order valence-electron chi connectivity index (χ1n) is 1.81. The van der Waals surface area contributed by atoms with E-state index in [0.717, 1.165) is 0 Å². The van der Waals surface area contributed by atoms with Gasteiger partial charge < -0.3 is 15.9 Å². The van der Waals surface area contributed by atoms with Crippen LogP contribution < -0.4 is 5.73 Å². The van der Waals surface area contributed by atoms with E-state index in [2.05, 4.69) is 17.3 Å². The van der Waals surface area contributed by atoms with Gasteiger partial charge >= 0.3 is 11.4 Å². The second-order valence-corrected chi connectivity index (χ2v) is 1.17. The van der Waals surface area contributed by atoms with E-state index >= 15 is 0 Å². The lowest BCUT2D eigenvalue weighted by Crippen LogP contribution is -2.10. The molecule has 0 unspecified atom stereocenters. The minimum Gasteiger partial charge on any atom is -0.480 e. The summed E-state index contributed by atoms with van der Waals surface area (Å²) in [6.07, 6.45) is 0. The van der Waals surface area contributed by atoms with Crippen molar-refractivity contribution in [3.63, 3.8) is 0 Å². The normalized spacial score (nSPS) is 6.89. The maximum absolute atomic E-state index is 9.24. The Kier molecular flexibility index (Phi) is 8.83. The summed E-state index contributed by atoms with van der Waals surface area (Å²) in [7, 11) is 0. The molecule has 0 saturated heterocycles. The molecule has 0 heterocycles. The van der Waals surface area contributed by atoms with Crippen molar-refractivity contribution in [3.05, 3.63) is 0 Å². The van der Waals surface area contributed by atoms with Gasteiger partial charge in [0, 0.05) is 11.6 Å². The second-order valence-electron chi connectivity index (χ2n) is 0.851. The molecular formula is C3H6ClNO4. The van der Waals surface area contributed by atoms with Crippen molar-refractivity contribution in [1.29, 1.82) is 0 Å². The number of carbonyl (C=O) groups is 2. The van der Waals surface area contributed by atoms with Gasteiger partial charge in [-0.25, -0.2) is 4.79 Å². The van der Waals surface area contributed by atoms with Crippen molar-refractivity contribution in [3.8, 4) is 0 Å². The van der Waals surface area contributed by atoms with Crippen LogP contribution in [0.3, 0.4) is 0 Å². The predicted octanol–water partition coefficient (Wildman–Crippen LogP) is -0.0671. The third-order valence-electron chi connectivity index (χ3n) is 0.175. The lowest BCUT2D eigenvalue weighted by molar-refractivity contribution is -0.135. The minimum atomic E-state index is -1.36. The molecule has 0 saturated carbocycles. The van der Waals surface area contributed by atoms with E-state index in [4.69, 9.17) is 15.0 Å². The van der Waals surface area contributed by atoms with Gasteiger partial charge in [-0.05, 0) is 0 Å². The quantitative estimate of drug-likeness (QED) is 0.461. The molecule has 0 rings (SSSR count). The van der Waals surface area contributed by atoms with Crippen LogP contribution in [0, 0.1) is 0 Å². The molecule has 0 atom stereocenters. The molecule has 0 radical (unpaired) electrons. The number of hydrogen-bond donors (Lipinski definition) is 3. The molecule has 5 nitrogen and oxygen atoms in total. The smallest absolute Gasteiger partial charge is 0.401 e. The van der Waals surface area contributed by atoms with Crippen LogP contribution in [0.4, 0.5) is 4.79 Å². The maximum atomic E-state index is 9.24. The average Bonchev–Trinajstić information content (AvgIpc) is 1.65. The lowest BCUT2D eigenvalue weighted by Gasteiger charge is -1.73. The highest BCUT2D eigenvalue weighted by Gasteiger charge is 1.81. The topological polar surface area (TPSA) is 101 Å². The highest BCUT2D eigenvalue weighted by atomic mass is 35.5. The fourth-order valence-corrected chi connectivity index (χ4v) is 0. The number of aliphatic carboxylic acids is 1. The predicted molar refractivity (Wildman–Crippen MR) is 30.6 cm³/mol. The molecule has 0 aromatic rings. The number of hydrogen-bond acceptors (Lipinski definition) is 3. The molecule has 6 heteroatoms. The van der Waals surface area contributed by atoms with Gasteiger partial charge in [-0.1, -0.05) is 0 Å². The SMILES string of the molecule is NCC(=O)O.O=C(O)Cl. The van der Waals surface area contributed by atoms with Gasteiger partial charge in [0.05, 0.1) is 6.54 Å². The van der Waals surface area contributed by atoms with Crippen molar-refractivity contribution in [1.82, 2.24) is 0 Å². The molecule has 0 amide bonds. The Labute approximate surface area is 56.0 Å². The molecular weight excluding hydrogens is 149 g/mol. The molecule has 0 aromatic carbocycles. The van der Waals surface area contributed by atoms with Crippen molar-refractivity contribution in [2.24, 2.45) is 5.73 Å². The fourth-order valence-electron chi connectivity index (χ4n) is 0. The Balaban J connectivity index is 0. The van der Waals surface area contributed by atoms with Gasteiger partial charge in [-0.3, -0.25) is 4.79 Å². The highest BCUT2D eigenvalue weighted by Crippen LogP contribution is 1.67. The zero-order valence-electron chi connectivity index (χ0n) is 4.37. The van der Waals surface area contributed by atoms with E-state index in [-0.39, 0.29) is 6.54 Å². The first-order chi connectivity index (χ1) is 4.00. The lowest BCUT2D eigenvalue weighted by atomic mass is 10.7. The Morgan fingerprint density at radius 2 is 1.56 bits per heavy atom. The van der Waals surface area contributed by atoms with Gasteiger partial charge in [0.2, 0.25) is 0 Å². The highest BCUT2D eigenvalue weighted by molar-refractivity contribution is 6.60. The maximum Gasteiger partial charge on any atom is 0.401 e. The first-order valence-corrected chi connectivity index (χ1v) is 2.18. The molecule has 0 aliphatic heterocycles. The Morgan fingerprint density at radius 1 is 1.44 bits per heavy atom. The van der Waals surface area contributed by atoms with Gasteiger partial charge in [0.25, 0.3) is 0 Å². The molecule has 0 fully saturated rings. The summed E-state index contributed by atoms with van der Waals surface area (Å²) in [5.74, 6) is -0.968. The largest absolute Gasteiger partial charge is 0.480 e. The number of rotatable bonds is 1. The van der Waals surface area contributed by atoms with Crippen LogP contribution in [0.2, 0.25) is 0 Å². The summed E-state index contributed by atoms with van der Waals surface area (Å²) in [6, 6.07) is 0. The van der Waals surface area contributed by atoms with Crippen LogP contribution in [-0.2, 0) is 4.79 Å². The van der Waals surface area contributed by atoms with Crippen molar-refractivity contribution < 1.29 is 19.8 Å². The first kappa shape index (κ1) is 11.0. The van der Waals surface area contributed by atoms with Gasteiger partial charge in [-0.15, -0.1) is 0 Å². The summed E-state index contributed by atoms with van der Waals surface area (Å²) >= 11 is 4.19. The van der Waals surface area contributed by atoms with Crippen LogP contribution in [0.25, 0.3) is 0 Å². The second kappa shape index (κ2) is 7.19. The molecule has 0 aliphatic rings. The number of carboxylic acids is 1. The fraction of sp³-hybridized carbons (Fsp3) is 0.333. The summed E-state index contributed by atoms with van der Waals surface area (Å²) < 4.78 is 0. The number of carboxylic acid groups (broad SMARTS) is 2. The Bertz CT molecular complexity index is 100.0. The van der Waals surface area contributed by atoms with E-state index in [9.17, 15) is 4.79 Å². The number of nitrogens with two attached hydrogens (primary N) is 1. The molecule has 54 valence electrons. The van der Waals surface area contributed by atoms with E-state index in [0.29, 0.717) is 0 Å². The van der Waals surface area contributed by atoms with E-state index in [1.54, 1.807) is 0 Å². The van der Waals surface area contributed by atoms with Gasteiger partial charge in [-0.2, -0.15) is 0 Å². The molecule has 0 spiro atoms. The van der Waals surface area contributed by atoms with Crippen molar-refractivity contribution in [2.45, 2.75) is 0 Å². The Hall–Kier alpha value is -0.810. The van der Waals surface area contributed by atoms with Crippen LogP contribution in [0.15, 0.2) is 0 Å². The van der Waals surface area contributed by atoms with Crippen LogP contribution >= 0.6 is 11.6 Å². The monoisotopic (exact) mass is 155 g/mol. The van der Waals surface area contributed by atoms with Crippen molar-refractivity contribution >= 4 is 23.0 Å². The summed E-state index contributed by atoms with van der Waals surface area (Å²) in [5, 5.41) is 14.8. The average molecular weight is 156 g/mol. The molecule has 9 heavy (non-hydrogen) atoms. The molecule has 0 aromatic heterocycles. The summed E-state index contributed by atoms with van der Waals surface area (Å²) in [5.41, 5.74) is 3.21. The molecule has 4 N–H and O–H groups in total. The zero-order valence-corrected chi connectivity index (χ0v) is 5.13. The van der Waals surface area contributed by atoms with Crippen LogP contribution in [0.1, 0.15) is 0 Å². The van der Waals surface area contributed by atoms with E-state index in [1.165, 1.54) is 0 Å².